The molecular formula is C22H20BrFN2O3S. The molecule has 0 saturated carbocycles. The fourth-order valence-corrected chi connectivity index (χ4v) is 4.50. The Hall–Kier alpha value is -2.55. The van der Waals surface area contributed by atoms with Gasteiger partial charge in [-0.3, -0.25) is 4.79 Å². The van der Waals surface area contributed by atoms with E-state index >= 15 is 0 Å². The molecule has 0 aliphatic rings. The van der Waals surface area contributed by atoms with Gasteiger partial charge in [-0.25, -0.2) is 12.8 Å². The van der Waals surface area contributed by atoms with Crippen molar-refractivity contribution in [1.82, 2.24) is 4.31 Å². The van der Waals surface area contributed by atoms with Crippen molar-refractivity contribution in [1.29, 1.82) is 0 Å². The van der Waals surface area contributed by atoms with E-state index in [9.17, 15) is 17.6 Å². The normalized spacial score (nSPS) is 11.5. The number of halogens is 2. The van der Waals surface area contributed by atoms with Gasteiger partial charge in [0.1, 0.15) is 5.82 Å². The van der Waals surface area contributed by atoms with Crippen molar-refractivity contribution >= 4 is 37.5 Å². The molecule has 5 nitrogen and oxygen atoms in total. The van der Waals surface area contributed by atoms with Gasteiger partial charge in [0.2, 0.25) is 15.9 Å². The van der Waals surface area contributed by atoms with E-state index in [2.05, 4.69) is 21.2 Å². The smallest absolute Gasteiger partial charge is 0.243 e. The number of sulfonamides is 1. The van der Waals surface area contributed by atoms with Gasteiger partial charge in [-0.05, 0) is 54.4 Å². The van der Waals surface area contributed by atoms with Crippen molar-refractivity contribution in [3.63, 3.8) is 0 Å². The number of nitrogens with zero attached hydrogens (tertiary/aromatic N) is 1. The highest BCUT2D eigenvalue weighted by Crippen LogP contribution is 2.22. The molecule has 0 radical (unpaired) electrons. The van der Waals surface area contributed by atoms with Gasteiger partial charge in [0.25, 0.3) is 0 Å². The zero-order valence-electron chi connectivity index (χ0n) is 16.2. The van der Waals surface area contributed by atoms with Crippen LogP contribution in [0.1, 0.15) is 11.1 Å². The lowest BCUT2D eigenvalue weighted by Crippen LogP contribution is -2.37. The molecule has 3 aromatic carbocycles. The summed E-state index contributed by atoms with van der Waals surface area (Å²) in [6, 6.07) is 19.3. The summed E-state index contributed by atoms with van der Waals surface area (Å²) >= 11 is 3.29. The quantitative estimate of drug-likeness (QED) is 0.520. The number of anilines is 1. The van der Waals surface area contributed by atoms with Crippen molar-refractivity contribution in [3.8, 4) is 0 Å². The van der Waals surface area contributed by atoms with E-state index < -0.39 is 28.3 Å². The Labute approximate surface area is 183 Å². The molecule has 0 saturated heterocycles. The van der Waals surface area contributed by atoms with Gasteiger partial charge >= 0.3 is 0 Å². The summed E-state index contributed by atoms with van der Waals surface area (Å²) in [6.45, 7) is 1.34. The van der Waals surface area contributed by atoms with Crippen LogP contribution in [0, 0.1) is 12.7 Å². The number of amides is 1. The summed E-state index contributed by atoms with van der Waals surface area (Å²) in [4.78, 5) is 12.7. The number of aryl methyl sites for hydroxylation is 1. The second-order valence-corrected chi connectivity index (χ2v) is 9.57. The molecule has 1 amide bonds. The summed E-state index contributed by atoms with van der Waals surface area (Å²) in [7, 11) is -3.94. The molecule has 0 aliphatic heterocycles. The molecule has 8 heteroatoms. The molecule has 0 unspecified atom stereocenters. The Morgan fingerprint density at radius 2 is 1.70 bits per heavy atom. The SMILES string of the molecule is Cc1ccc(F)cc1NC(=O)CN(Cc1ccccc1)S(=O)(=O)c1ccc(Br)cc1. The van der Waals surface area contributed by atoms with Crippen molar-refractivity contribution in [2.75, 3.05) is 11.9 Å². The van der Waals surface area contributed by atoms with Crippen LogP contribution in [0.4, 0.5) is 10.1 Å². The predicted molar refractivity (Wildman–Crippen MR) is 118 cm³/mol. The third-order valence-corrected chi connectivity index (χ3v) is 6.78. The van der Waals surface area contributed by atoms with Crippen LogP contribution in [0.5, 0.6) is 0 Å². The fraction of sp³-hybridized carbons (Fsp3) is 0.136. The van der Waals surface area contributed by atoms with Crippen LogP contribution < -0.4 is 5.32 Å². The number of carbonyl (C=O) groups is 1. The summed E-state index contributed by atoms with van der Waals surface area (Å²) in [5, 5.41) is 2.61. The minimum Gasteiger partial charge on any atom is -0.325 e. The molecule has 0 aromatic heterocycles. The molecule has 0 fully saturated rings. The van der Waals surface area contributed by atoms with Crippen LogP contribution in [0.3, 0.4) is 0 Å². The van der Waals surface area contributed by atoms with Crippen LogP contribution in [-0.4, -0.2) is 25.2 Å². The maximum absolute atomic E-state index is 13.5. The average Bonchev–Trinajstić information content (AvgIpc) is 2.71. The Bertz CT molecular complexity index is 1140. The number of carbonyl (C=O) groups excluding carboxylic acids is 1. The maximum Gasteiger partial charge on any atom is 0.243 e. The monoisotopic (exact) mass is 490 g/mol. The molecule has 0 atom stereocenters. The highest BCUT2D eigenvalue weighted by molar-refractivity contribution is 9.10. The van der Waals surface area contributed by atoms with Gasteiger partial charge in [0, 0.05) is 16.7 Å². The zero-order valence-corrected chi connectivity index (χ0v) is 18.6. The lowest BCUT2D eigenvalue weighted by molar-refractivity contribution is -0.116. The lowest BCUT2D eigenvalue weighted by atomic mass is 10.2. The van der Waals surface area contributed by atoms with Crippen LogP contribution >= 0.6 is 15.9 Å². The summed E-state index contributed by atoms with van der Waals surface area (Å²) in [6.07, 6.45) is 0. The topological polar surface area (TPSA) is 66.5 Å². The van der Waals surface area contributed by atoms with Gasteiger partial charge < -0.3 is 5.32 Å². The highest BCUT2D eigenvalue weighted by atomic mass is 79.9. The Balaban J connectivity index is 1.88. The summed E-state index contributed by atoms with van der Waals surface area (Å²) in [5.74, 6) is -1.04. The first-order valence-corrected chi connectivity index (χ1v) is 11.3. The van der Waals surface area contributed by atoms with E-state index in [0.29, 0.717) is 11.3 Å². The van der Waals surface area contributed by atoms with Crippen LogP contribution in [-0.2, 0) is 21.4 Å². The third kappa shape index (κ3) is 5.53. The summed E-state index contributed by atoms with van der Waals surface area (Å²) in [5.41, 5.74) is 1.73. The van der Waals surface area contributed by atoms with E-state index in [1.54, 1.807) is 49.4 Å². The average molecular weight is 491 g/mol. The number of hydrogen-bond acceptors (Lipinski definition) is 3. The summed E-state index contributed by atoms with van der Waals surface area (Å²) < 4.78 is 41.8. The molecule has 0 spiro atoms. The molecule has 156 valence electrons. The Morgan fingerprint density at radius 1 is 1.03 bits per heavy atom. The molecule has 3 aromatic rings. The molecule has 30 heavy (non-hydrogen) atoms. The molecule has 3 rings (SSSR count). The van der Waals surface area contributed by atoms with E-state index in [-0.39, 0.29) is 11.4 Å². The molecule has 0 bridgehead atoms. The van der Waals surface area contributed by atoms with Crippen LogP contribution in [0.25, 0.3) is 0 Å². The van der Waals surface area contributed by atoms with Crippen molar-refractivity contribution in [3.05, 3.63) is 94.2 Å². The Kier molecular flexibility index (Phi) is 7.02. The number of rotatable bonds is 7. The van der Waals surface area contributed by atoms with Gasteiger partial charge in [-0.2, -0.15) is 4.31 Å². The largest absolute Gasteiger partial charge is 0.325 e. The zero-order chi connectivity index (χ0) is 21.7. The Morgan fingerprint density at radius 3 is 2.37 bits per heavy atom. The number of hydrogen-bond donors (Lipinski definition) is 1. The van der Waals surface area contributed by atoms with Gasteiger partial charge in [0.05, 0.1) is 11.4 Å². The molecule has 0 heterocycles. The maximum atomic E-state index is 13.5. The van der Waals surface area contributed by atoms with Gasteiger partial charge in [-0.1, -0.05) is 52.3 Å². The van der Waals surface area contributed by atoms with E-state index in [4.69, 9.17) is 0 Å². The van der Waals surface area contributed by atoms with Crippen LogP contribution in [0.15, 0.2) is 82.2 Å². The molecular weight excluding hydrogens is 471 g/mol. The standard InChI is InChI=1S/C22H20BrFN2O3S/c1-16-7-10-19(24)13-21(16)25-22(27)15-26(14-17-5-3-2-4-6-17)30(28,29)20-11-8-18(23)9-12-20/h2-13H,14-15H2,1H3,(H,25,27). The number of nitrogens with one attached hydrogen (secondary N) is 1. The van der Waals surface area contributed by atoms with Crippen molar-refractivity contribution < 1.29 is 17.6 Å². The number of benzene rings is 3. The van der Waals surface area contributed by atoms with E-state index in [1.807, 2.05) is 6.07 Å². The second-order valence-electron chi connectivity index (χ2n) is 6.72. The fourth-order valence-electron chi connectivity index (χ4n) is 2.85. The van der Waals surface area contributed by atoms with Crippen molar-refractivity contribution in [2.24, 2.45) is 0 Å². The van der Waals surface area contributed by atoms with Gasteiger partial charge in [-0.15, -0.1) is 0 Å². The van der Waals surface area contributed by atoms with E-state index in [1.165, 1.54) is 24.3 Å². The first kappa shape index (κ1) is 22.1. The minimum atomic E-state index is -3.94. The first-order valence-electron chi connectivity index (χ1n) is 9.11. The minimum absolute atomic E-state index is 0.0226. The third-order valence-electron chi connectivity index (χ3n) is 4.45. The predicted octanol–water partition coefficient (Wildman–Crippen LogP) is 4.73. The van der Waals surface area contributed by atoms with E-state index in [0.717, 1.165) is 14.3 Å². The van der Waals surface area contributed by atoms with Gasteiger partial charge in [0.15, 0.2) is 0 Å². The first-order chi connectivity index (χ1) is 14.3. The lowest BCUT2D eigenvalue weighted by Gasteiger charge is -2.22. The molecule has 1 N–H and O–H groups in total. The van der Waals surface area contributed by atoms with Crippen LogP contribution in [0.2, 0.25) is 0 Å². The molecule has 0 aliphatic carbocycles. The highest BCUT2D eigenvalue weighted by Gasteiger charge is 2.27. The van der Waals surface area contributed by atoms with Crippen molar-refractivity contribution in [2.45, 2.75) is 18.4 Å². The second kappa shape index (κ2) is 9.51.